The fourth-order valence-corrected chi connectivity index (χ4v) is 3.31. The van der Waals surface area contributed by atoms with Gasteiger partial charge in [-0.25, -0.2) is 0 Å². The number of alkyl halides is 3. The van der Waals surface area contributed by atoms with Gasteiger partial charge in [0.15, 0.2) is 12.3 Å². The first kappa shape index (κ1) is 23.0. The lowest BCUT2D eigenvalue weighted by molar-refractivity contribution is -0.141. The van der Waals surface area contributed by atoms with Crippen molar-refractivity contribution in [3.8, 4) is 11.6 Å². The number of ether oxygens (including phenoxy) is 1. The van der Waals surface area contributed by atoms with E-state index in [9.17, 15) is 18.0 Å². The van der Waals surface area contributed by atoms with Crippen LogP contribution in [0, 0.1) is 6.92 Å². The number of aryl methyl sites for hydroxylation is 1. The van der Waals surface area contributed by atoms with Gasteiger partial charge in [-0.05, 0) is 48.7 Å². The van der Waals surface area contributed by atoms with E-state index in [0.29, 0.717) is 18.0 Å². The van der Waals surface area contributed by atoms with Crippen molar-refractivity contribution in [3.63, 3.8) is 0 Å². The van der Waals surface area contributed by atoms with Gasteiger partial charge in [-0.2, -0.15) is 23.0 Å². The molecule has 0 atom stereocenters. The van der Waals surface area contributed by atoms with Crippen LogP contribution < -0.4 is 10.1 Å². The van der Waals surface area contributed by atoms with Crippen LogP contribution in [0.2, 0.25) is 10.0 Å². The number of benzene rings is 2. The maximum Gasteiger partial charge on any atom is 0.435 e. The van der Waals surface area contributed by atoms with E-state index in [2.05, 4.69) is 10.4 Å². The smallest absolute Gasteiger partial charge is 0.435 e. The third-order valence-corrected chi connectivity index (χ3v) is 4.97. The van der Waals surface area contributed by atoms with Crippen molar-refractivity contribution < 1.29 is 22.7 Å². The summed E-state index contributed by atoms with van der Waals surface area (Å²) in [5, 5.41) is 7.04. The predicted octanol–water partition coefficient (Wildman–Crippen LogP) is 5.24. The Kier molecular flexibility index (Phi) is 7.12. The van der Waals surface area contributed by atoms with E-state index in [-0.39, 0.29) is 16.6 Å². The second-order valence-electron chi connectivity index (χ2n) is 6.69. The van der Waals surface area contributed by atoms with Gasteiger partial charge in [-0.1, -0.05) is 41.4 Å². The van der Waals surface area contributed by atoms with E-state index in [1.54, 1.807) is 18.2 Å². The summed E-state index contributed by atoms with van der Waals surface area (Å²) in [7, 11) is 0. The van der Waals surface area contributed by atoms with Crippen LogP contribution >= 0.6 is 23.2 Å². The van der Waals surface area contributed by atoms with Crippen molar-refractivity contribution in [2.45, 2.75) is 19.5 Å². The average molecular weight is 472 g/mol. The van der Waals surface area contributed by atoms with Gasteiger partial charge in [0.25, 0.3) is 5.91 Å². The molecule has 0 unspecified atom stereocenters. The van der Waals surface area contributed by atoms with E-state index in [0.717, 1.165) is 21.9 Å². The minimum absolute atomic E-state index is 0.187. The Morgan fingerprint density at radius 2 is 1.90 bits per heavy atom. The quantitative estimate of drug-likeness (QED) is 0.512. The molecule has 1 amide bonds. The number of halogens is 5. The molecule has 31 heavy (non-hydrogen) atoms. The Morgan fingerprint density at radius 3 is 2.58 bits per heavy atom. The molecule has 2 aromatic carbocycles. The molecule has 3 rings (SSSR count). The molecule has 0 aliphatic carbocycles. The molecule has 5 nitrogen and oxygen atoms in total. The number of aromatic nitrogens is 2. The average Bonchev–Trinajstić information content (AvgIpc) is 3.13. The molecule has 0 aliphatic heterocycles. The van der Waals surface area contributed by atoms with Crippen molar-refractivity contribution in [1.82, 2.24) is 15.1 Å². The van der Waals surface area contributed by atoms with Crippen molar-refractivity contribution in [1.29, 1.82) is 0 Å². The molecule has 1 heterocycles. The topological polar surface area (TPSA) is 56.1 Å². The first-order valence-electron chi connectivity index (χ1n) is 9.22. The molecular weight excluding hydrogens is 454 g/mol. The van der Waals surface area contributed by atoms with Crippen LogP contribution in [0.4, 0.5) is 13.2 Å². The second-order valence-corrected chi connectivity index (χ2v) is 7.53. The van der Waals surface area contributed by atoms with E-state index < -0.39 is 24.4 Å². The number of hydrogen-bond acceptors (Lipinski definition) is 3. The zero-order chi connectivity index (χ0) is 22.6. The first-order chi connectivity index (χ1) is 14.6. The maximum absolute atomic E-state index is 13.1. The van der Waals surface area contributed by atoms with Crippen LogP contribution in [0.3, 0.4) is 0 Å². The highest BCUT2D eigenvalue weighted by atomic mass is 35.5. The normalized spacial score (nSPS) is 11.4. The Labute approximate surface area is 186 Å². The minimum atomic E-state index is -4.68. The lowest BCUT2D eigenvalue weighted by Gasteiger charge is -2.11. The third-order valence-electron chi connectivity index (χ3n) is 4.42. The monoisotopic (exact) mass is 471 g/mol. The molecule has 0 saturated carbocycles. The number of rotatable bonds is 7. The highest BCUT2D eigenvalue weighted by molar-refractivity contribution is 6.32. The van der Waals surface area contributed by atoms with Crippen molar-refractivity contribution in [2.75, 3.05) is 13.2 Å². The molecule has 164 valence electrons. The summed E-state index contributed by atoms with van der Waals surface area (Å²) in [6.45, 7) is 1.77. The van der Waals surface area contributed by atoms with Crippen LogP contribution in [0.5, 0.6) is 5.88 Å². The Hall–Kier alpha value is -2.71. The number of nitrogens with one attached hydrogen (secondary N) is 1. The SMILES string of the molecule is Cc1cc(Cl)ccc1CCNC(=O)COc1cc(C(F)(F)F)nn1-c1ccccc1Cl. The standard InChI is InChI=1S/C21H18Cl2F3N3O2/c1-13-10-15(22)7-6-14(13)8-9-27-19(30)12-31-20-11-18(21(24,25)26)28-29(20)17-5-3-2-4-16(17)23/h2-7,10-11H,8-9,12H2,1H3,(H,27,30). The van der Waals surface area contributed by atoms with Gasteiger partial charge in [-0.15, -0.1) is 0 Å². The third kappa shape index (κ3) is 5.92. The van der Waals surface area contributed by atoms with Gasteiger partial charge in [0.1, 0.15) is 0 Å². The highest BCUT2D eigenvalue weighted by Crippen LogP contribution is 2.33. The zero-order valence-corrected chi connectivity index (χ0v) is 17.9. The van der Waals surface area contributed by atoms with Gasteiger partial charge in [-0.3, -0.25) is 4.79 Å². The Balaban J connectivity index is 1.65. The van der Waals surface area contributed by atoms with Crippen LogP contribution in [0.1, 0.15) is 16.8 Å². The molecule has 3 aromatic rings. The fraction of sp³-hybridized carbons (Fsp3) is 0.238. The van der Waals surface area contributed by atoms with Gasteiger partial charge in [0, 0.05) is 17.6 Å². The zero-order valence-electron chi connectivity index (χ0n) is 16.3. The number of carbonyl (C=O) groups excluding carboxylic acids is 1. The van der Waals surface area contributed by atoms with Crippen molar-refractivity contribution >= 4 is 29.1 Å². The van der Waals surface area contributed by atoms with Gasteiger partial charge in [0.2, 0.25) is 5.88 Å². The van der Waals surface area contributed by atoms with Crippen LogP contribution in [0.25, 0.3) is 5.69 Å². The summed E-state index contributed by atoms with van der Waals surface area (Å²) in [4.78, 5) is 12.1. The van der Waals surface area contributed by atoms with Crippen molar-refractivity contribution in [2.24, 2.45) is 0 Å². The number of nitrogens with zero attached hydrogens (tertiary/aromatic N) is 2. The summed E-state index contributed by atoms with van der Waals surface area (Å²) < 4.78 is 45.7. The molecule has 0 spiro atoms. The van der Waals surface area contributed by atoms with E-state index in [1.807, 2.05) is 19.1 Å². The molecule has 0 saturated heterocycles. The lowest BCUT2D eigenvalue weighted by atomic mass is 10.1. The molecule has 1 aromatic heterocycles. The highest BCUT2D eigenvalue weighted by Gasteiger charge is 2.36. The number of carbonyl (C=O) groups is 1. The molecule has 0 aliphatic rings. The number of amides is 1. The van der Waals surface area contributed by atoms with Crippen LogP contribution in [0.15, 0.2) is 48.5 Å². The van der Waals surface area contributed by atoms with Crippen LogP contribution in [-0.2, 0) is 17.4 Å². The van der Waals surface area contributed by atoms with Gasteiger partial charge >= 0.3 is 6.18 Å². The lowest BCUT2D eigenvalue weighted by Crippen LogP contribution is -2.31. The molecule has 0 radical (unpaired) electrons. The summed E-state index contributed by atoms with van der Waals surface area (Å²) in [5.74, 6) is -0.726. The van der Waals surface area contributed by atoms with E-state index in [1.165, 1.54) is 12.1 Å². The Morgan fingerprint density at radius 1 is 1.16 bits per heavy atom. The van der Waals surface area contributed by atoms with Crippen molar-refractivity contribution in [3.05, 3.63) is 75.4 Å². The molecule has 10 heteroatoms. The first-order valence-corrected chi connectivity index (χ1v) is 9.97. The molecule has 1 N–H and O–H groups in total. The van der Waals surface area contributed by atoms with E-state index >= 15 is 0 Å². The summed E-state index contributed by atoms with van der Waals surface area (Å²) in [5.41, 5.74) is 1.08. The summed E-state index contributed by atoms with van der Waals surface area (Å²) >= 11 is 12.0. The summed E-state index contributed by atoms with van der Waals surface area (Å²) in [6, 6.07) is 12.5. The fourth-order valence-electron chi connectivity index (χ4n) is 2.87. The van der Waals surface area contributed by atoms with Crippen LogP contribution in [-0.4, -0.2) is 28.8 Å². The molecule has 0 fully saturated rings. The molecular formula is C21H18Cl2F3N3O2. The number of hydrogen-bond donors (Lipinski definition) is 1. The summed E-state index contributed by atoms with van der Waals surface area (Å²) in [6.07, 6.45) is -4.10. The number of para-hydroxylation sites is 1. The Bertz CT molecular complexity index is 1080. The van der Waals surface area contributed by atoms with Gasteiger partial charge in [0.05, 0.1) is 10.7 Å². The second kappa shape index (κ2) is 9.62. The molecule has 0 bridgehead atoms. The van der Waals surface area contributed by atoms with E-state index in [4.69, 9.17) is 27.9 Å². The maximum atomic E-state index is 13.1. The minimum Gasteiger partial charge on any atom is -0.467 e. The van der Waals surface area contributed by atoms with Gasteiger partial charge < -0.3 is 10.1 Å². The largest absolute Gasteiger partial charge is 0.467 e. The predicted molar refractivity (Wildman–Crippen MR) is 112 cm³/mol.